The van der Waals surface area contributed by atoms with E-state index in [9.17, 15) is 19.7 Å². The fourth-order valence-electron chi connectivity index (χ4n) is 2.85. The first-order valence-corrected chi connectivity index (χ1v) is 8.10. The van der Waals surface area contributed by atoms with Gasteiger partial charge in [-0.15, -0.1) is 0 Å². The Labute approximate surface area is 150 Å². The quantitative estimate of drug-likeness (QED) is 0.484. The molecule has 0 radical (unpaired) electrons. The molecule has 0 saturated heterocycles. The van der Waals surface area contributed by atoms with Gasteiger partial charge in [0.15, 0.2) is 6.61 Å². The van der Waals surface area contributed by atoms with Crippen molar-refractivity contribution in [3.05, 3.63) is 57.4 Å². The number of nitrogens with zero attached hydrogens (tertiary/aromatic N) is 2. The third-order valence-corrected chi connectivity index (χ3v) is 3.92. The highest BCUT2D eigenvalue weighted by atomic mass is 16.6. The molecule has 0 unspecified atom stereocenters. The predicted molar refractivity (Wildman–Crippen MR) is 96.3 cm³/mol. The second-order valence-corrected chi connectivity index (χ2v) is 6.18. The second kappa shape index (κ2) is 7.81. The van der Waals surface area contributed by atoms with Crippen molar-refractivity contribution in [3.63, 3.8) is 0 Å². The van der Waals surface area contributed by atoms with Gasteiger partial charge in [-0.2, -0.15) is 0 Å². The van der Waals surface area contributed by atoms with Crippen molar-refractivity contribution in [2.45, 2.75) is 33.7 Å². The average molecular weight is 359 g/mol. The Hall–Kier alpha value is -3.16. The van der Waals surface area contributed by atoms with Crippen molar-refractivity contribution >= 4 is 23.3 Å². The molecular weight excluding hydrogens is 338 g/mol. The predicted octanol–water partition coefficient (Wildman–Crippen LogP) is 3.39. The van der Waals surface area contributed by atoms with Crippen LogP contribution in [0.3, 0.4) is 0 Å². The molecule has 1 N–H and O–H groups in total. The number of benzene rings is 1. The number of nitro benzene ring substituents is 1. The van der Waals surface area contributed by atoms with Crippen LogP contribution in [-0.2, 0) is 9.53 Å². The Bertz CT molecular complexity index is 837. The average Bonchev–Trinajstić information content (AvgIpc) is 2.87. The summed E-state index contributed by atoms with van der Waals surface area (Å²) in [6.45, 7) is 7.34. The second-order valence-electron chi connectivity index (χ2n) is 6.18. The molecule has 2 aromatic rings. The first-order chi connectivity index (χ1) is 12.2. The smallest absolute Gasteiger partial charge is 0.340 e. The first kappa shape index (κ1) is 19.2. The minimum absolute atomic E-state index is 0.0741. The van der Waals surface area contributed by atoms with E-state index >= 15 is 0 Å². The highest BCUT2D eigenvalue weighted by molar-refractivity contribution is 5.96. The van der Waals surface area contributed by atoms with Gasteiger partial charge in [0.05, 0.1) is 10.5 Å². The van der Waals surface area contributed by atoms with E-state index < -0.39 is 23.4 Å². The van der Waals surface area contributed by atoms with Crippen LogP contribution in [0.4, 0.5) is 11.4 Å². The van der Waals surface area contributed by atoms with Crippen LogP contribution in [0.25, 0.3) is 0 Å². The summed E-state index contributed by atoms with van der Waals surface area (Å²) in [5.74, 6) is -1.09. The molecular formula is C18H21N3O5. The number of nitro groups is 1. The van der Waals surface area contributed by atoms with Gasteiger partial charge in [0.25, 0.3) is 11.6 Å². The summed E-state index contributed by atoms with van der Waals surface area (Å²) in [4.78, 5) is 34.2. The molecule has 0 atom stereocenters. The van der Waals surface area contributed by atoms with E-state index in [4.69, 9.17) is 4.74 Å². The number of aryl methyl sites for hydroxylation is 1. The van der Waals surface area contributed by atoms with Gasteiger partial charge in [-0.25, -0.2) is 4.79 Å². The Kier molecular flexibility index (Phi) is 5.76. The number of ether oxygens (including phenoxy) is 1. The number of aromatic nitrogens is 1. The van der Waals surface area contributed by atoms with E-state index in [0.29, 0.717) is 11.3 Å². The molecule has 0 bridgehead atoms. The maximum Gasteiger partial charge on any atom is 0.340 e. The van der Waals surface area contributed by atoms with Gasteiger partial charge in [-0.3, -0.25) is 14.9 Å². The zero-order valence-electron chi connectivity index (χ0n) is 15.1. The Morgan fingerprint density at radius 3 is 2.35 bits per heavy atom. The normalized spacial score (nSPS) is 10.7. The molecule has 0 fully saturated rings. The number of rotatable bonds is 6. The minimum atomic E-state index is -0.566. The number of anilines is 1. The zero-order valence-corrected chi connectivity index (χ0v) is 15.1. The van der Waals surface area contributed by atoms with Crippen LogP contribution in [0.2, 0.25) is 0 Å². The lowest BCUT2D eigenvalue weighted by atomic mass is 10.2. The fraction of sp³-hybridized carbons (Fsp3) is 0.333. The maximum absolute atomic E-state index is 12.2. The molecule has 0 aliphatic carbocycles. The summed E-state index contributed by atoms with van der Waals surface area (Å²) in [6, 6.07) is 7.33. The van der Waals surface area contributed by atoms with Gasteiger partial charge in [0, 0.05) is 35.2 Å². The summed E-state index contributed by atoms with van der Waals surface area (Å²) in [5, 5.41) is 13.1. The molecule has 0 saturated carbocycles. The van der Waals surface area contributed by atoms with Gasteiger partial charge in [-0.1, -0.05) is 0 Å². The van der Waals surface area contributed by atoms with Crippen LogP contribution in [0.5, 0.6) is 0 Å². The van der Waals surface area contributed by atoms with Gasteiger partial charge < -0.3 is 14.6 Å². The number of hydrogen-bond donors (Lipinski definition) is 1. The third kappa shape index (κ3) is 4.27. The first-order valence-electron chi connectivity index (χ1n) is 8.10. The van der Waals surface area contributed by atoms with Crippen LogP contribution >= 0.6 is 0 Å². The molecule has 1 amide bonds. The molecule has 8 heteroatoms. The monoisotopic (exact) mass is 359 g/mol. The van der Waals surface area contributed by atoms with Gasteiger partial charge >= 0.3 is 5.97 Å². The molecule has 138 valence electrons. The van der Waals surface area contributed by atoms with Crippen molar-refractivity contribution in [2.24, 2.45) is 0 Å². The molecule has 0 aliphatic rings. The summed E-state index contributed by atoms with van der Waals surface area (Å²) in [6.07, 6.45) is 0. The van der Waals surface area contributed by atoms with E-state index in [1.54, 1.807) is 6.07 Å². The van der Waals surface area contributed by atoms with E-state index in [0.717, 1.165) is 11.4 Å². The standard InChI is InChI=1S/C18H21N3O5/c1-11(2)20-12(3)9-16(13(20)4)18(23)26-10-17(22)19-14-5-7-15(8-6-14)21(24)25/h5-9,11H,10H2,1-4H3,(H,19,22). The molecule has 0 spiro atoms. The topological polar surface area (TPSA) is 103 Å². The summed E-state index contributed by atoms with van der Waals surface area (Å²) < 4.78 is 7.10. The van der Waals surface area contributed by atoms with Gasteiger partial charge in [-0.05, 0) is 45.9 Å². The summed E-state index contributed by atoms with van der Waals surface area (Å²) in [5.41, 5.74) is 2.47. The molecule has 26 heavy (non-hydrogen) atoms. The fourth-order valence-corrected chi connectivity index (χ4v) is 2.85. The lowest BCUT2D eigenvalue weighted by molar-refractivity contribution is -0.384. The Balaban J connectivity index is 1.96. The largest absolute Gasteiger partial charge is 0.452 e. The molecule has 2 rings (SSSR count). The van der Waals surface area contributed by atoms with Gasteiger partial charge in [0.1, 0.15) is 0 Å². The van der Waals surface area contributed by atoms with Crippen molar-refractivity contribution in [1.29, 1.82) is 0 Å². The number of carbonyl (C=O) groups is 2. The minimum Gasteiger partial charge on any atom is -0.452 e. The van der Waals surface area contributed by atoms with E-state index in [1.807, 2.05) is 32.3 Å². The Morgan fingerprint density at radius 2 is 1.85 bits per heavy atom. The molecule has 8 nitrogen and oxygen atoms in total. The summed E-state index contributed by atoms with van der Waals surface area (Å²) >= 11 is 0. The van der Waals surface area contributed by atoms with Crippen LogP contribution < -0.4 is 5.32 Å². The van der Waals surface area contributed by atoms with Gasteiger partial charge in [0.2, 0.25) is 0 Å². The zero-order chi connectivity index (χ0) is 19.4. The number of non-ortho nitro benzene ring substituents is 1. The van der Waals surface area contributed by atoms with Crippen molar-refractivity contribution in [1.82, 2.24) is 4.57 Å². The van der Waals surface area contributed by atoms with Crippen LogP contribution in [-0.4, -0.2) is 28.0 Å². The lowest BCUT2D eigenvalue weighted by Crippen LogP contribution is -2.21. The van der Waals surface area contributed by atoms with Crippen molar-refractivity contribution < 1.29 is 19.2 Å². The number of esters is 1. The maximum atomic E-state index is 12.2. The van der Waals surface area contributed by atoms with E-state index in [1.165, 1.54) is 24.3 Å². The van der Waals surface area contributed by atoms with E-state index in [2.05, 4.69) is 5.32 Å². The number of nitrogens with one attached hydrogen (secondary N) is 1. The molecule has 0 aliphatic heterocycles. The lowest BCUT2D eigenvalue weighted by Gasteiger charge is -2.13. The highest BCUT2D eigenvalue weighted by Crippen LogP contribution is 2.21. The number of hydrogen-bond acceptors (Lipinski definition) is 5. The molecule has 1 aromatic carbocycles. The van der Waals surface area contributed by atoms with Crippen molar-refractivity contribution in [2.75, 3.05) is 11.9 Å². The number of amides is 1. The van der Waals surface area contributed by atoms with Crippen LogP contribution in [0, 0.1) is 24.0 Å². The SMILES string of the molecule is Cc1cc(C(=O)OCC(=O)Nc2ccc([N+](=O)[O-])cc2)c(C)n1C(C)C. The van der Waals surface area contributed by atoms with Crippen molar-refractivity contribution in [3.8, 4) is 0 Å². The molecule has 1 heterocycles. The third-order valence-electron chi connectivity index (χ3n) is 3.92. The highest BCUT2D eigenvalue weighted by Gasteiger charge is 2.19. The summed E-state index contributed by atoms with van der Waals surface area (Å²) in [7, 11) is 0. The van der Waals surface area contributed by atoms with Crippen LogP contribution in [0.15, 0.2) is 30.3 Å². The molecule has 1 aromatic heterocycles. The Morgan fingerprint density at radius 1 is 1.23 bits per heavy atom. The van der Waals surface area contributed by atoms with E-state index in [-0.39, 0.29) is 11.7 Å². The van der Waals surface area contributed by atoms with Crippen LogP contribution in [0.1, 0.15) is 41.6 Å². The number of carbonyl (C=O) groups excluding carboxylic acids is 2.